The van der Waals surface area contributed by atoms with Crippen LogP contribution >= 0.6 is 34.5 Å². The zero-order valence-corrected chi connectivity index (χ0v) is 13.0. The number of carbonyl (C=O) groups is 3. The van der Waals surface area contributed by atoms with Gasteiger partial charge in [-0.05, 0) is 13.0 Å². The molecular weight excluding hydrogens is 323 g/mol. The van der Waals surface area contributed by atoms with E-state index in [9.17, 15) is 14.4 Å². The van der Waals surface area contributed by atoms with Crippen LogP contribution in [0.4, 0.5) is 0 Å². The van der Waals surface area contributed by atoms with E-state index in [-0.39, 0.29) is 37.2 Å². The van der Waals surface area contributed by atoms with Crippen molar-refractivity contribution in [3.8, 4) is 0 Å². The van der Waals surface area contributed by atoms with Gasteiger partial charge in [-0.3, -0.25) is 14.4 Å². The molecule has 5 nitrogen and oxygen atoms in total. The van der Waals surface area contributed by atoms with Crippen LogP contribution in [0, 0.1) is 0 Å². The van der Waals surface area contributed by atoms with Gasteiger partial charge in [-0.15, -0.1) is 11.3 Å². The monoisotopic (exact) mass is 334 g/mol. The minimum Gasteiger partial charge on any atom is -0.332 e. The van der Waals surface area contributed by atoms with Crippen LogP contribution in [0.2, 0.25) is 8.67 Å². The maximum Gasteiger partial charge on any atom is 0.243 e. The van der Waals surface area contributed by atoms with Crippen LogP contribution in [0.3, 0.4) is 0 Å². The van der Waals surface area contributed by atoms with Gasteiger partial charge in [-0.2, -0.15) is 0 Å². The van der Waals surface area contributed by atoms with Gasteiger partial charge >= 0.3 is 0 Å². The maximum absolute atomic E-state index is 12.1. The Bertz CT molecular complexity index is 573. The predicted octanol–water partition coefficient (Wildman–Crippen LogP) is 1.93. The van der Waals surface area contributed by atoms with Crippen molar-refractivity contribution in [2.75, 3.05) is 26.2 Å². The third kappa shape index (κ3) is 3.13. The molecule has 8 heteroatoms. The zero-order valence-electron chi connectivity index (χ0n) is 10.7. The van der Waals surface area contributed by atoms with Gasteiger partial charge in [-0.25, -0.2) is 0 Å². The van der Waals surface area contributed by atoms with E-state index < -0.39 is 0 Å². The lowest BCUT2D eigenvalue weighted by atomic mass is 10.2. The zero-order chi connectivity index (χ0) is 14.9. The molecule has 2 heterocycles. The van der Waals surface area contributed by atoms with Gasteiger partial charge in [0.15, 0.2) is 5.78 Å². The first-order valence-electron chi connectivity index (χ1n) is 5.96. The minimum absolute atomic E-state index is 0.0146. The third-order valence-corrected chi connectivity index (χ3v) is 4.52. The fourth-order valence-corrected chi connectivity index (χ4v) is 3.42. The summed E-state index contributed by atoms with van der Waals surface area (Å²) in [5, 5.41) is 0. The van der Waals surface area contributed by atoms with Gasteiger partial charge in [0.25, 0.3) is 0 Å². The van der Waals surface area contributed by atoms with Crippen molar-refractivity contribution in [3.63, 3.8) is 0 Å². The first-order chi connectivity index (χ1) is 9.42. The molecule has 1 saturated heterocycles. The SMILES string of the molecule is CCN1CC(=O)N(CC(=O)c2cc(Cl)sc2Cl)CC1=O. The second-order valence-electron chi connectivity index (χ2n) is 4.32. The number of rotatable bonds is 4. The molecule has 2 rings (SSSR count). The van der Waals surface area contributed by atoms with Gasteiger partial charge in [0, 0.05) is 6.54 Å². The Morgan fingerprint density at radius 1 is 1.25 bits per heavy atom. The van der Waals surface area contributed by atoms with Gasteiger partial charge in [0.05, 0.1) is 23.0 Å². The van der Waals surface area contributed by atoms with Gasteiger partial charge in [-0.1, -0.05) is 23.2 Å². The van der Waals surface area contributed by atoms with Crippen molar-refractivity contribution < 1.29 is 14.4 Å². The number of ketones is 1. The van der Waals surface area contributed by atoms with Crippen LogP contribution in [0.15, 0.2) is 6.07 Å². The number of hydrogen-bond acceptors (Lipinski definition) is 4. The average molecular weight is 335 g/mol. The molecule has 0 radical (unpaired) electrons. The van der Waals surface area contributed by atoms with Gasteiger partial charge in [0.1, 0.15) is 10.9 Å². The molecular formula is C12H12Cl2N2O3S. The molecule has 20 heavy (non-hydrogen) atoms. The summed E-state index contributed by atoms with van der Waals surface area (Å²) >= 11 is 12.8. The molecule has 0 unspecified atom stereocenters. The van der Waals surface area contributed by atoms with Crippen molar-refractivity contribution in [3.05, 3.63) is 20.3 Å². The summed E-state index contributed by atoms with van der Waals surface area (Å²) in [7, 11) is 0. The minimum atomic E-state index is -0.316. The van der Waals surface area contributed by atoms with E-state index in [0.29, 0.717) is 20.8 Å². The quantitative estimate of drug-likeness (QED) is 0.790. The van der Waals surface area contributed by atoms with E-state index >= 15 is 0 Å². The maximum atomic E-state index is 12.1. The fourth-order valence-electron chi connectivity index (χ4n) is 1.92. The Morgan fingerprint density at radius 2 is 1.85 bits per heavy atom. The van der Waals surface area contributed by atoms with Crippen molar-refractivity contribution in [2.45, 2.75) is 6.92 Å². The molecule has 0 N–H and O–H groups in total. The Morgan fingerprint density at radius 3 is 2.40 bits per heavy atom. The Kier molecular flexibility index (Phi) is 4.67. The van der Waals surface area contributed by atoms with E-state index in [1.165, 1.54) is 15.9 Å². The summed E-state index contributed by atoms with van der Waals surface area (Å²) < 4.78 is 0.711. The molecule has 1 aromatic heterocycles. The van der Waals surface area contributed by atoms with Crippen molar-refractivity contribution in [1.29, 1.82) is 0 Å². The van der Waals surface area contributed by atoms with Gasteiger partial charge in [0.2, 0.25) is 11.8 Å². The predicted molar refractivity (Wildman–Crippen MR) is 77.5 cm³/mol. The molecule has 1 fully saturated rings. The molecule has 0 spiro atoms. The lowest BCUT2D eigenvalue weighted by molar-refractivity contribution is -0.149. The number of nitrogens with zero attached hydrogens (tertiary/aromatic N) is 2. The highest BCUT2D eigenvalue weighted by Gasteiger charge is 2.30. The topological polar surface area (TPSA) is 57.7 Å². The van der Waals surface area contributed by atoms with E-state index in [2.05, 4.69) is 0 Å². The van der Waals surface area contributed by atoms with Crippen LogP contribution in [0.25, 0.3) is 0 Å². The summed E-state index contributed by atoms with van der Waals surface area (Å²) in [6.45, 7) is 2.07. The van der Waals surface area contributed by atoms with Crippen molar-refractivity contribution >= 4 is 52.1 Å². The van der Waals surface area contributed by atoms with E-state index in [1.807, 2.05) is 0 Å². The number of piperazine rings is 1. The Labute approximate surface area is 130 Å². The number of hydrogen-bond donors (Lipinski definition) is 0. The highest BCUT2D eigenvalue weighted by atomic mass is 35.5. The number of Topliss-reactive ketones (excluding diaryl/α,β-unsaturated/α-hetero) is 1. The lowest BCUT2D eigenvalue weighted by Gasteiger charge is -2.32. The number of halogens is 2. The van der Waals surface area contributed by atoms with Crippen LogP contribution in [-0.4, -0.2) is 53.6 Å². The lowest BCUT2D eigenvalue weighted by Crippen LogP contribution is -2.54. The largest absolute Gasteiger partial charge is 0.332 e. The van der Waals surface area contributed by atoms with Gasteiger partial charge < -0.3 is 9.80 Å². The normalized spacial score (nSPS) is 15.9. The number of thiophene rings is 1. The number of amides is 2. The van der Waals surface area contributed by atoms with Crippen LogP contribution in [-0.2, 0) is 9.59 Å². The first-order valence-corrected chi connectivity index (χ1v) is 7.53. The standard InChI is InChI=1S/C12H12Cl2N2O3S/c1-2-15-5-11(19)16(6-10(15)18)4-8(17)7-3-9(13)20-12(7)14/h3H,2,4-6H2,1H3. The molecule has 2 amide bonds. The number of likely N-dealkylation sites (N-methyl/N-ethyl adjacent to an activating group) is 1. The highest BCUT2D eigenvalue weighted by molar-refractivity contribution is 7.20. The second-order valence-corrected chi connectivity index (χ2v) is 6.60. The van der Waals surface area contributed by atoms with Crippen LogP contribution < -0.4 is 0 Å². The molecule has 0 atom stereocenters. The Hall–Kier alpha value is -1.11. The summed E-state index contributed by atoms with van der Waals surface area (Å²) in [5.74, 6) is -0.712. The molecule has 0 aromatic carbocycles. The summed E-state index contributed by atoms with van der Waals surface area (Å²) in [4.78, 5) is 38.4. The van der Waals surface area contributed by atoms with Crippen molar-refractivity contribution in [2.24, 2.45) is 0 Å². The molecule has 0 bridgehead atoms. The molecule has 1 aliphatic heterocycles. The molecule has 108 valence electrons. The molecule has 0 aliphatic carbocycles. The smallest absolute Gasteiger partial charge is 0.243 e. The second kappa shape index (κ2) is 6.11. The van der Waals surface area contributed by atoms with Crippen LogP contribution in [0.5, 0.6) is 0 Å². The average Bonchev–Trinajstić information content (AvgIpc) is 2.72. The number of carbonyl (C=O) groups excluding carboxylic acids is 3. The molecule has 1 aromatic rings. The van der Waals surface area contributed by atoms with Crippen molar-refractivity contribution in [1.82, 2.24) is 9.80 Å². The first kappa shape index (κ1) is 15.3. The fraction of sp³-hybridized carbons (Fsp3) is 0.417. The van der Waals surface area contributed by atoms with E-state index in [4.69, 9.17) is 23.2 Å². The van der Waals surface area contributed by atoms with E-state index in [0.717, 1.165) is 11.3 Å². The van der Waals surface area contributed by atoms with E-state index in [1.54, 1.807) is 6.92 Å². The molecule has 1 aliphatic rings. The summed E-state index contributed by atoms with van der Waals surface area (Å²) in [6.07, 6.45) is 0. The van der Waals surface area contributed by atoms with Crippen LogP contribution in [0.1, 0.15) is 17.3 Å². The summed E-state index contributed by atoms with van der Waals surface area (Å²) in [6, 6.07) is 1.48. The summed E-state index contributed by atoms with van der Waals surface area (Å²) in [5.41, 5.74) is 0.292. The third-order valence-electron chi connectivity index (χ3n) is 3.03. The molecule has 0 saturated carbocycles. The Balaban J connectivity index is 2.07. The highest BCUT2D eigenvalue weighted by Crippen LogP contribution is 2.31.